The second-order valence-corrected chi connectivity index (χ2v) is 7.17. The fraction of sp³-hybridized carbons (Fsp3) is 0.476. The summed E-state index contributed by atoms with van der Waals surface area (Å²) in [6.45, 7) is 6.95. The lowest BCUT2D eigenvalue weighted by atomic mass is 10.1. The molecule has 0 saturated carbocycles. The number of unbranched alkanes of at least 4 members (excludes halogenated alkanes) is 2. The highest BCUT2D eigenvalue weighted by atomic mass is 16.5. The minimum Gasteiger partial charge on any atom is -0.368 e. The highest BCUT2D eigenvalue weighted by Crippen LogP contribution is 2.26. The van der Waals surface area contributed by atoms with Gasteiger partial charge in [-0.05, 0) is 18.6 Å². The molecule has 1 fully saturated rings. The lowest BCUT2D eigenvalue weighted by Crippen LogP contribution is -2.46. The molecular weight excluding hydrogens is 338 g/mol. The van der Waals surface area contributed by atoms with E-state index >= 15 is 0 Å². The second-order valence-electron chi connectivity index (χ2n) is 7.17. The van der Waals surface area contributed by atoms with Gasteiger partial charge < -0.3 is 9.42 Å². The SMILES string of the molecule is CCCCCc1nc(CN2CCN(c3ccnc4ccccc34)CC2)no1. The number of hydrogen-bond donors (Lipinski definition) is 0. The number of anilines is 1. The Morgan fingerprint density at radius 1 is 1.04 bits per heavy atom. The van der Waals surface area contributed by atoms with Gasteiger partial charge in [0.15, 0.2) is 5.82 Å². The van der Waals surface area contributed by atoms with Crippen molar-refractivity contribution in [3.8, 4) is 0 Å². The predicted molar refractivity (Wildman–Crippen MR) is 107 cm³/mol. The Kier molecular flexibility index (Phi) is 5.63. The van der Waals surface area contributed by atoms with Gasteiger partial charge in [0.05, 0.1) is 12.1 Å². The molecule has 0 amide bonds. The molecule has 1 aliphatic heterocycles. The number of hydrogen-bond acceptors (Lipinski definition) is 6. The molecule has 0 aliphatic carbocycles. The Morgan fingerprint density at radius 2 is 1.89 bits per heavy atom. The van der Waals surface area contributed by atoms with Gasteiger partial charge in [-0.1, -0.05) is 43.1 Å². The molecule has 3 heterocycles. The first-order chi connectivity index (χ1) is 13.3. The lowest BCUT2D eigenvalue weighted by Gasteiger charge is -2.36. The molecule has 6 heteroatoms. The maximum atomic E-state index is 5.39. The van der Waals surface area contributed by atoms with Gasteiger partial charge >= 0.3 is 0 Å². The third-order valence-corrected chi connectivity index (χ3v) is 5.21. The highest BCUT2D eigenvalue weighted by Gasteiger charge is 2.20. The van der Waals surface area contributed by atoms with E-state index in [2.05, 4.69) is 56.1 Å². The zero-order valence-corrected chi connectivity index (χ0v) is 16.0. The van der Waals surface area contributed by atoms with Crippen LogP contribution in [0.2, 0.25) is 0 Å². The summed E-state index contributed by atoms with van der Waals surface area (Å²) >= 11 is 0. The molecule has 0 radical (unpaired) electrons. The van der Waals surface area contributed by atoms with E-state index < -0.39 is 0 Å². The summed E-state index contributed by atoms with van der Waals surface area (Å²) in [4.78, 5) is 13.9. The van der Waals surface area contributed by atoms with Crippen molar-refractivity contribution in [1.82, 2.24) is 20.0 Å². The predicted octanol–water partition coefficient (Wildman–Crippen LogP) is 3.67. The van der Waals surface area contributed by atoms with Crippen molar-refractivity contribution in [2.24, 2.45) is 0 Å². The van der Waals surface area contributed by atoms with Crippen LogP contribution in [0, 0.1) is 0 Å². The average Bonchev–Trinajstić information content (AvgIpc) is 3.16. The molecule has 0 atom stereocenters. The number of fused-ring (bicyclic) bond motifs is 1. The monoisotopic (exact) mass is 365 g/mol. The van der Waals surface area contributed by atoms with E-state index in [1.807, 2.05) is 12.3 Å². The standard InChI is InChI=1S/C21H27N5O/c1-2-3-4-9-21-23-20(24-27-21)16-25-12-14-26(15-13-25)19-10-11-22-18-8-6-5-7-17(18)19/h5-8,10-11H,2-4,9,12-16H2,1H3. The van der Waals surface area contributed by atoms with Crippen LogP contribution in [0.15, 0.2) is 41.1 Å². The largest absolute Gasteiger partial charge is 0.368 e. The van der Waals surface area contributed by atoms with Crippen LogP contribution in [-0.4, -0.2) is 46.2 Å². The van der Waals surface area contributed by atoms with Crippen LogP contribution in [0.4, 0.5) is 5.69 Å². The molecule has 3 aromatic rings. The van der Waals surface area contributed by atoms with Gasteiger partial charge in [0.1, 0.15) is 0 Å². The summed E-state index contributed by atoms with van der Waals surface area (Å²) in [5.41, 5.74) is 2.33. The van der Waals surface area contributed by atoms with E-state index in [-0.39, 0.29) is 0 Å². The van der Waals surface area contributed by atoms with Crippen LogP contribution in [0.5, 0.6) is 0 Å². The topological polar surface area (TPSA) is 58.3 Å². The molecule has 6 nitrogen and oxygen atoms in total. The van der Waals surface area contributed by atoms with Crippen molar-refractivity contribution in [3.63, 3.8) is 0 Å². The molecule has 1 aromatic carbocycles. The number of nitrogens with zero attached hydrogens (tertiary/aromatic N) is 5. The highest BCUT2D eigenvalue weighted by molar-refractivity contribution is 5.91. The molecule has 0 bridgehead atoms. The normalized spacial score (nSPS) is 15.5. The van der Waals surface area contributed by atoms with Gasteiger partial charge in [-0.3, -0.25) is 9.88 Å². The number of benzene rings is 1. The quantitative estimate of drug-likeness (QED) is 0.596. The molecule has 1 saturated heterocycles. The lowest BCUT2D eigenvalue weighted by molar-refractivity contribution is 0.240. The fourth-order valence-corrected chi connectivity index (χ4v) is 3.69. The van der Waals surface area contributed by atoms with Crippen LogP contribution >= 0.6 is 0 Å². The summed E-state index contributed by atoms with van der Waals surface area (Å²) in [7, 11) is 0. The molecule has 1 aliphatic rings. The van der Waals surface area contributed by atoms with Gasteiger partial charge in [-0.2, -0.15) is 4.98 Å². The van der Waals surface area contributed by atoms with Crippen LogP contribution in [0.25, 0.3) is 10.9 Å². The van der Waals surface area contributed by atoms with Crippen molar-refractivity contribution in [2.45, 2.75) is 39.2 Å². The number of pyridine rings is 1. The van der Waals surface area contributed by atoms with E-state index in [1.54, 1.807) is 0 Å². The number of aromatic nitrogens is 3. The zero-order valence-electron chi connectivity index (χ0n) is 16.0. The van der Waals surface area contributed by atoms with Crippen LogP contribution in [0.1, 0.15) is 37.9 Å². The van der Waals surface area contributed by atoms with Gasteiger partial charge in [0.25, 0.3) is 0 Å². The summed E-state index contributed by atoms with van der Waals surface area (Å²) in [6.07, 6.45) is 6.34. The van der Waals surface area contributed by atoms with E-state index in [1.165, 1.54) is 23.9 Å². The summed E-state index contributed by atoms with van der Waals surface area (Å²) in [5, 5.41) is 5.38. The molecule has 27 heavy (non-hydrogen) atoms. The third-order valence-electron chi connectivity index (χ3n) is 5.21. The average molecular weight is 365 g/mol. The van der Waals surface area contributed by atoms with E-state index in [4.69, 9.17) is 4.52 Å². The Morgan fingerprint density at radius 3 is 2.74 bits per heavy atom. The van der Waals surface area contributed by atoms with Gasteiger partial charge in [-0.15, -0.1) is 0 Å². The second kappa shape index (κ2) is 8.48. The summed E-state index contributed by atoms with van der Waals surface area (Å²) in [6, 6.07) is 10.5. The first kappa shape index (κ1) is 17.9. The van der Waals surface area contributed by atoms with Crippen molar-refractivity contribution >= 4 is 16.6 Å². The Hall–Kier alpha value is -2.47. The van der Waals surface area contributed by atoms with Gasteiger partial charge in [0.2, 0.25) is 5.89 Å². The Labute approximate surface area is 160 Å². The molecule has 142 valence electrons. The summed E-state index contributed by atoms with van der Waals surface area (Å²) in [5.74, 6) is 1.59. The van der Waals surface area contributed by atoms with Crippen molar-refractivity contribution in [2.75, 3.05) is 31.1 Å². The molecule has 0 unspecified atom stereocenters. The molecule has 4 rings (SSSR count). The molecular formula is C21H27N5O. The fourth-order valence-electron chi connectivity index (χ4n) is 3.69. The smallest absolute Gasteiger partial charge is 0.226 e. The van der Waals surface area contributed by atoms with E-state index in [0.29, 0.717) is 0 Å². The molecule has 0 spiro atoms. The Balaban J connectivity index is 1.34. The maximum absolute atomic E-state index is 5.39. The molecule has 0 N–H and O–H groups in total. The van der Waals surface area contributed by atoms with Crippen molar-refractivity contribution in [1.29, 1.82) is 0 Å². The first-order valence-electron chi connectivity index (χ1n) is 9.96. The van der Waals surface area contributed by atoms with Crippen LogP contribution < -0.4 is 4.90 Å². The minimum absolute atomic E-state index is 0.766. The van der Waals surface area contributed by atoms with Crippen molar-refractivity contribution < 1.29 is 4.52 Å². The van der Waals surface area contributed by atoms with Crippen LogP contribution in [-0.2, 0) is 13.0 Å². The van der Waals surface area contributed by atoms with Crippen molar-refractivity contribution in [3.05, 3.63) is 48.2 Å². The van der Waals surface area contributed by atoms with Gasteiger partial charge in [-0.25, -0.2) is 0 Å². The number of aryl methyl sites for hydroxylation is 1. The number of para-hydroxylation sites is 1. The van der Waals surface area contributed by atoms with E-state index in [9.17, 15) is 0 Å². The zero-order chi connectivity index (χ0) is 18.5. The maximum Gasteiger partial charge on any atom is 0.226 e. The minimum atomic E-state index is 0.766. The van der Waals surface area contributed by atoms with Gasteiger partial charge in [0, 0.05) is 49.9 Å². The summed E-state index contributed by atoms with van der Waals surface area (Å²) < 4.78 is 5.39. The Bertz CT molecular complexity index is 864. The number of rotatable bonds is 7. The van der Waals surface area contributed by atoms with Crippen LogP contribution in [0.3, 0.4) is 0 Å². The molecule has 2 aromatic heterocycles. The van der Waals surface area contributed by atoms with E-state index in [0.717, 1.165) is 62.8 Å². The number of piperazine rings is 1. The third kappa shape index (κ3) is 4.27. The first-order valence-corrected chi connectivity index (χ1v) is 9.96.